The van der Waals surface area contributed by atoms with Crippen LogP contribution in [0.25, 0.3) is 109 Å². The third-order valence-corrected chi connectivity index (χ3v) is 13.0. The third kappa shape index (κ3) is 4.74. The van der Waals surface area contributed by atoms with Crippen molar-refractivity contribution in [3.05, 3.63) is 205 Å². The van der Waals surface area contributed by atoms with E-state index in [0.29, 0.717) is 0 Å². The second kappa shape index (κ2) is 12.0. The van der Waals surface area contributed by atoms with Gasteiger partial charge in [-0.2, -0.15) is 0 Å². The highest BCUT2D eigenvalue weighted by Gasteiger charge is 2.35. The van der Waals surface area contributed by atoms with Crippen molar-refractivity contribution in [1.29, 1.82) is 0 Å². The molecule has 0 radical (unpaired) electrons. The fourth-order valence-corrected chi connectivity index (χ4v) is 10.2. The normalized spacial score (nSPS) is 13.2. The van der Waals surface area contributed by atoms with Gasteiger partial charge in [0.05, 0.1) is 0 Å². The smallest absolute Gasteiger partial charge is 0.0159 e. The molecule has 0 unspecified atom stereocenters. The molecule has 0 heterocycles. The monoisotopic (exact) mass is 722 g/mol. The van der Waals surface area contributed by atoms with Gasteiger partial charge in [0.25, 0.3) is 0 Å². The zero-order chi connectivity index (χ0) is 37.8. The first-order valence-corrected chi connectivity index (χ1v) is 20.1. The van der Waals surface area contributed by atoms with Crippen LogP contribution >= 0.6 is 0 Å². The zero-order valence-electron chi connectivity index (χ0n) is 32.0. The van der Waals surface area contributed by atoms with E-state index in [9.17, 15) is 0 Å². The molecule has 0 aliphatic heterocycles. The van der Waals surface area contributed by atoms with E-state index in [4.69, 9.17) is 0 Å². The van der Waals surface area contributed by atoms with Crippen molar-refractivity contribution >= 4 is 64.6 Å². The van der Waals surface area contributed by atoms with Crippen molar-refractivity contribution < 1.29 is 0 Å². The lowest BCUT2D eigenvalue weighted by Crippen LogP contribution is -2.14. The molecule has 266 valence electrons. The molecule has 0 saturated heterocycles. The Morgan fingerprint density at radius 1 is 0.263 bits per heavy atom. The van der Waals surface area contributed by atoms with Crippen LogP contribution in [-0.4, -0.2) is 0 Å². The first-order chi connectivity index (χ1) is 28.0. The SMILES string of the molecule is CC1(C)c2ccccc2-c2ccc(-c3ccc(-c4ccc5ccc(-c6cc7ccc8ccc9ccccc9c8c7c7ccccc67)cc5c4)c4ccccc34)cc21. The molecule has 11 aromatic carbocycles. The summed E-state index contributed by atoms with van der Waals surface area (Å²) < 4.78 is 0. The highest BCUT2D eigenvalue weighted by Crippen LogP contribution is 2.50. The van der Waals surface area contributed by atoms with Crippen LogP contribution in [0, 0.1) is 0 Å². The second-order valence-corrected chi connectivity index (χ2v) is 16.4. The molecule has 11 aromatic rings. The van der Waals surface area contributed by atoms with Gasteiger partial charge in [-0.3, -0.25) is 0 Å². The number of benzene rings is 11. The molecule has 0 N–H and O–H groups in total. The van der Waals surface area contributed by atoms with Gasteiger partial charge in [-0.15, -0.1) is 0 Å². The first kappa shape index (κ1) is 32.2. The number of rotatable bonds is 3. The van der Waals surface area contributed by atoms with E-state index >= 15 is 0 Å². The minimum atomic E-state index is -0.0377. The van der Waals surface area contributed by atoms with E-state index in [1.54, 1.807) is 0 Å². The summed E-state index contributed by atoms with van der Waals surface area (Å²) in [5, 5.41) is 15.4. The Morgan fingerprint density at radius 3 is 1.47 bits per heavy atom. The summed E-state index contributed by atoms with van der Waals surface area (Å²) in [6.07, 6.45) is 0. The van der Waals surface area contributed by atoms with Crippen LogP contribution in [0.1, 0.15) is 25.0 Å². The quantitative estimate of drug-likeness (QED) is 0.159. The van der Waals surface area contributed by atoms with E-state index in [1.807, 2.05) is 0 Å². The summed E-state index contributed by atoms with van der Waals surface area (Å²) in [7, 11) is 0. The van der Waals surface area contributed by atoms with Crippen LogP contribution in [0.3, 0.4) is 0 Å². The van der Waals surface area contributed by atoms with E-state index in [-0.39, 0.29) is 5.41 Å². The molecule has 57 heavy (non-hydrogen) atoms. The maximum atomic E-state index is 2.44. The summed E-state index contributed by atoms with van der Waals surface area (Å²) >= 11 is 0. The fourth-order valence-electron chi connectivity index (χ4n) is 10.2. The Bertz CT molecular complexity index is 3490. The molecule has 0 nitrogen and oxygen atoms in total. The zero-order valence-corrected chi connectivity index (χ0v) is 32.0. The highest BCUT2D eigenvalue weighted by molar-refractivity contribution is 6.29. The molecule has 0 saturated carbocycles. The van der Waals surface area contributed by atoms with E-state index in [2.05, 4.69) is 208 Å². The molecule has 0 fully saturated rings. The predicted molar refractivity (Wildman–Crippen MR) is 245 cm³/mol. The Kier molecular flexibility index (Phi) is 6.78. The van der Waals surface area contributed by atoms with Crippen molar-refractivity contribution in [3.8, 4) is 44.5 Å². The third-order valence-electron chi connectivity index (χ3n) is 13.0. The second-order valence-electron chi connectivity index (χ2n) is 16.4. The van der Waals surface area contributed by atoms with Crippen LogP contribution in [0.15, 0.2) is 194 Å². The Labute approximate surface area is 332 Å². The van der Waals surface area contributed by atoms with Crippen molar-refractivity contribution in [2.45, 2.75) is 19.3 Å². The van der Waals surface area contributed by atoms with E-state index < -0.39 is 0 Å². The van der Waals surface area contributed by atoms with Gasteiger partial charge in [-0.25, -0.2) is 0 Å². The minimum absolute atomic E-state index is 0.0377. The van der Waals surface area contributed by atoms with Crippen LogP contribution in [0.4, 0.5) is 0 Å². The number of hydrogen-bond acceptors (Lipinski definition) is 0. The van der Waals surface area contributed by atoms with Gasteiger partial charge in [0, 0.05) is 5.41 Å². The molecule has 0 aromatic heterocycles. The average Bonchev–Trinajstić information content (AvgIpc) is 3.50. The molecule has 0 heteroatoms. The van der Waals surface area contributed by atoms with E-state index in [1.165, 1.54) is 120 Å². The number of fused-ring (bicyclic) bond motifs is 12. The fraction of sp³-hybridized carbons (Fsp3) is 0.0526. The van der Waals surface area contributed by atoms with Crippen LogP contribution < -0.4 is 0 Å². The molecule has 0 spiro atoms. The maximum absolute atomic E-state index is 2.44. The van der Waals surface area contributed by atoms with Gasteiger partial charge in [0.2, 0.25) is 0 Å². The Morgan fingerprint density at radius 2 is 0.737 bits per heavy atom. The van der Waals surface area contributed by atoms with Gasteiger partial charge < -0.3 is 0 Å². The summed E-state index contributed by atoms with van der Waals surface area (Å²) in [6.45, 7) is 4.72. The molecule has 0 atom stereocenters. The molecule has 12 rings (SSSR count). The van der Waals surface area contributed by atoms with Crippen LogP contribution in [0.5, 0.6) is 0 Å². The van der Waals surface area contributed by atoms with Gasteiger partial charge >= 0.3 is 0 Å². The van der Waals surface area contributed by atoms with Gasteiger partial charge in [-0.05, 0) is 145 Å². The summed E-state index contributed by atoms with van der Waals surface area (Å²) in [5.41, 5.74) is 13.0. The van der Waals surface area contributed by atoms with Crippen molar-refractivity contribution in [2.75, 3.05) is 0 Å². The first-order valence-electron chi connectivity index (χ1n) is 20.1. The molecule has 0 bridgehead atoms. The molecule has 0 amide bonds. The Balaban J connectivity index is 0.991. The van der Waals surface area contributed by atoms with E-state index in [0.717, 1.165) is 0 Å². The van der Waals surface area contributed by atoms with Crippen molar-refractivity contribution in [3.63, 3.8) is 0 Å². The summed E-state index contributed by atoms with van der Waals surface area (Å²) in [5.74, 6) is 0. The largest absolute Gasteiger partial charge is 0.0619 e. The standard InChI is InChI=1S/C57H38/c1-57(2)53-18-10-9-16-49(53)50-28-27-40(34-54(50)57)44-30-29-43(46-13-5-6-14-47(44)46)38-24-19-35-20-25-39(32-42(35)31-38)52-33-41-26-23-37-22-21-36-11-3-4-12-45(36)55(37)56(41)51-17-8-7-15-48(51)52/h3-34H,1-2H3. The molecule has 1 aliphatic rings. The molecule has 1 aliphatic carbocycles. The average molecular weight is 723 g/mol. The van der Waals surface area contributed by atoms with Gasteiger partial charge in [0.15, 0.2) is 0 Å². The topological polar surface area (TPSA) is 0 Å². The summed E-state index contributed by atoms with van der Waals surface area (Å²) in [6, 6.07) is 72.8. The number of hydrogen-bond donors (Lipinski definition) is 0. The van der Waals surface area contributed by atoms with Gasteiger partial charge in [0.1, 0.15) is 0 Å². The van der Waals surface area contributed by atoms with Crippen LogP contribution in [0.2, 0.25) is 0 Å². The lowest BCUT2D eigenvalue weighted by atomic mass is 9.81. The Hall–Kier alpha value is -7.02. The minimum Gasteiger partial charge on any atom is -0.0619 e. The van der Waals surface area contributed by atoms with Crippen molar-refractivity contribution in [1.82, 2.24) is 0 Å². The molecular formula is C57H38. The summed E-state index contributed by atoms with van der Waals surface area (Å²) in [4.78, 5) is 0. The lowest BCUT2D eigenvalue weighted by Gasteiger charge is -2.22. The van der Waals surface area contributed by atoms with Crippen LogP contribution in [-0.2, 0) is 5.41 Å². The predicted octanol–water partition coefficient (Wildman–Crippen LogP) is 15.9. The van der Waals surface area contributed by atoms with Crippen molar-refractivity contribution in [2.24, 2.45) is 0 Å². The maximum Gasteiger partial charge on any atom is 0.0159 e. The lowest BCUT2D eigenvalue weighted by molar-refractivity contribution is 0.660. The van der Waals surface area contributed by atoms with Gasteiger partial charge in [-0.1, -0.05) is 184 Å². The molecular weight excluding hydrogens is 685 g/mol. The highest BCUT2D eigenvalue weighted by atomic mass is 14.4.